The highest BCUT2D eigenvalue weighted by Gasteiger charge is 2.25. The molecule has 0 saturated heterocycles. The smallest absolute Gasteiger partial charge is 0.270 e. The SMILES string of the molecule is CCC(C)N(C)C(=O)c1cc(S(=O)(=O)Cl)cn1CC(F)F. The Morgan fingerprint density at radius 2 is 2.05 bits per heavy atom. The molecule has 0 saturated carbocycles. The van der Waals surface area contributed by atoms with Crippen molar-refractivity contribution in [2.24, 2.45) is 0 Å². The minimum absolute atomic E-state index is 0.108. The van der Waals surface area contributed by atoms with E-state index in [4.69, 9.17) is 10.7 Å². The van der Waals surface area contributed by atoms with E-state index in [9.17, 15) is 22.0 Å². The van der Waals surface area contributed by atoms with Crippen molar-refractivity contribution in [3.05, 3.63) is 18.0 Å². The van der Waals surface area contributed by atoms with E-state index in [1.807, 2.05) is 6.92 Å². The summed E-state index contributed by atoms with van der Waals surface area (Å²) in [6.45, 7) is 2.90. The minimum Gasteiger partial charge on any atom is -0.338 e. The third-order valence-corrected chi connectivity index (χ3v) is 4.60. The maximum atomic E-state index is 12.6. The summed E-state index contributed by atoms with van der Waals surface area (Å²) in [5.74, 6) is -0.531. The second-order valence-electron chi connectivity index (χ2n) is 4.72. The first kappa shape index (κ1) is 17.9. The third-order valence-electron chi connectivity index (χ3n) is 3.28. The van der Waals surface area contributed by atoms with Crippen LogP contribution in [0.4, 0.5) is 8.78 Å². The molecule has 1 atom stereocenters. The number of hydrogen-bond donors (Lipinski definition) is 0. The number of nitrogens with zero attached hydrogens (tertiary/aromatic N) is 2. The van der Waals surface area contributed by atoms with Crippen LogP contribution >= 0.6 is 10.7 Å². The number of amides is 1. The van der Waals surface area contributed by atoms with E-state index in [0.29, 0.717) is 6.42 Å². The Morgan fingerprint density at radius 1 is 1.48 bits per heavy atom. The summed E-state index contributed by atoms with van der Waals surface area (Å²) in [6, 6.07) is 0.912. The lowest BCUT2D eigenvalue weighted by Gasteiger charge is -2.24. The predicted molar refractivity (Wildman–Crippen MR) is 75.3 cm³/mol. The lowest BCUT2D eigenvalue weighted by molar-refractivity contribution is 0.0720. The molecular weight excluding hydrogens is 326 g/mol. The number of halogens is 3. The van der Waals surface area contributed by atoms with Gasteiger partial charge >= 0.3 is 0 Å². The average molecular weight is 343 g/mol. The van der Waals surface area contributed by atoms with Gasteiger partial charge in [0.25, 0.3) is 21.4 Å². The summed E-state index contributed by atoms with van der Waals surface area (Å²) in [5, 5.41) is 0. The van der Waals surface area contributed by atoms with Crippen molar-refractivity contribution >= 4 is 25.6 Å². The highest BCUT2D eigenvalue weighted by molar-refractivity contribution is 8.13. The Balaban J connectivity index is 3.26. The lowest BCUT2D eigenvalue weighted by Crippen LogP contribution is -2.36. The zero-order valence-electron chi connectivity index (χ0n) is 11.9. The number of aromatic nitrogens is 1. The van der Waals surface area contributed by atoms with Gasteiger partial charge in [0.1, 0.15) is 10.6 Å². The monoisotopic (exact) mass is 342 g/mol. The van der Waals surface area contributed by atoms with Gasteiger partial charge < -0.3 is 9.47 Å². The van der Waals surface area contributed by atoms with Crippen LogP contribution in [0.3, 0.4) is 0 Å². The van der Waals surface area contributed by atoms with E-state index in [1.54, 1.807) is 6.92 Å². The zero-order chi connectivity index (χ0) is 16.4. The van der Waals surface area contributed by atoms with Crippen LogP contribution in [-0.4, -0.2) is 43.3 Å². The molecule has 1 amide bonds. The standard InChI is InChI=1S/C12H17ClF2N2O3S/c1-4-8(2)16(3)12(18)10-5-9(21(13,19)20)6-17(10)7-11(14)15/h5-6,8,11H,4,7H2,1-3H3. The molecule has 1 aromatic heterocycles. The first-order chi connectivity index (χ1) is 9.57. The van der Waals surface area contributed by atoms with Gasteiger partial charge in [0.2, 0.25) is 0 Å². The maximum Gasteiger partial charge on any atom is 0.270 e. The molecular formula is C12H17ClF2N2O3S. The zero-order valence-corrected chi connectivity index (χ0v) is 13.5. The number of carbonyl (C=O) groups excluding carboxylic acids is 1. The molecule has 0 fully saturated rings. The van der Waals surface area contributed by atoms with Gasteiger partial charge in [-0.2, -0.15) is 0 Å². The first-order valence-electron chi connectivity index (χ1n) is 6.28. The molecule has 1 aromatic rings. The summed E-state index contributed by atoms with van der Waals surface area (Å²) < 4.78 is 48.7. The van der Waals surface area contributed by atoms with Gasteiger partial charge in [0, 0.05) is 30.0 Å². The molecule has 0 aliphatic carbocycles. The number of alkyl halides is 2. The highest BCUT2D eigenvalue weighted by Crippen LogP contribution is 2.21. The van der Waals surface area contributed by atoms with Gasteiger partial charge in [-0.05, 0) is 19.4 Å². The van der Waals surface area contributed by atoms with Crippen molar-refractivity contribution in [1.29, 1.82) is 0 Å². The molecule has 1 unspecified atom stereocenters. The molecule has 21 heavy (non-hydrogen) atoms. The van der Waals surface area contributed by atoms with E-state index in [-0.39, 0.29) is 16.6 Å². The summed E-state index contributed by atoms with van der Waals surface area (Å²) >= 11 is 0. The molecule has 0 aliphatic rings. The number of carbonyl (C=O) groups is 1. The van der Waals surface area contributed by atoms with E-state index in [1.165, 1.54) is 11.9 Å². The summed E-state index contributed by atoms with van der Waals surface area (Å²) in [6.07, 6.45) is -1.09. The Bertz CT molecular complexity index is 616. The van der Waals surface area contributed by atoms with Gasteiger partial charge in [-0.3, -0.25) is 4.79 Å². The second-order valence-corrected chi connectivity index (χ2v) is 7.28. The number of hydrogen-bond acceptors (Lipinski definition) is 3. The molecule has 1 heterocycles. The fourth-order valence-corrected chi connectivity index (χ4v) is 2.51. The van der Waals surface area contributed by atoms with Gasteiger partial charge in [-0.15, -0.1) is 0 Å². The quantitative estimate of drug-likeness (QED) is 0.746. The first-order valence-corrected chi connectivity index (χ1v) is 8.59. The van der Waals surface area contributed by atoms with Crippen LogP contribution in [0.2, 0.25) is 0 Å². The molecule has 0 spiro atoms. The van der Waals surface area contributed by atoms with Crippen LogP contribution in [0.25, 0.3) is 0 Å². The molecule has 0 N–H and O–H groups in total. The topological polar surface area (TPSA) is 59.4 Å². The number of rotatable bonds is 6. The molecule has 0 radical (unpaired) electrons. The predicted octanol–water partition coefficient (Wildman–Crippen LogP) is 2.55. The van der Waals surface area contributed by atoms with Crippen molar-refractivity contribution in [1.82, 2.24) is 9.47 Å². The fourth-order valence-electron chi connectivity index (χ4n) is 1.75. The van der Waals surface area contributed by atoms with Gasteiger partial charge in [0.05, 0.1) is 6.54 Å². The van der Waals surface area contributed by atoms with Crippen molar-refractivity contribution in [3.63, 3.8) is 0 Å². The largest absolute Gasteiger partial charge is 0.338 e. The van der Waals surface area contributed by atoms with Gasteiger partial charge in [-0.25, -0.2) is 17.2 Å². The maximum absolute atomic E-state index is 12.6. The molecule has 0 aliphatic heterocycles. The molecule has 120 valence electrons. The highest BCUT2D eigenvalue weighted by atomic mass is 35.7. The van der Waals surface area contributed by atoms with Crippen LogP contribution in [0.5, 0.6) is 0 Å². The molecule has 5 nitrogen and oxygen atoms in total. The van der Waals surface area contributed by atoms with Gasteiger partial charge in [0.15, 0.2) is 0 Å². The molecule has 0 bridgehead atoms. The average Bonchev–Trinajstić information content (AvgIpc) is 2.78. The van der Waals surface area contributed by atoms with Crippen LogP contribution in [0.15, 0.2) is 17.2 Å². The normalized spacial score (nSPS) is 13.5. The summed E-state index contributed by atoms with van der Waals surface area (Å²) in [5.41, 5.74) is -0.127. The molecule has 0 aromatic carbocycles. The Labute approximate surface area is 126 Å². The van der Waals surface area contributed by atoms with Crippen LogP contribution in [0.1, 0.15) is 30.8 Å². The van der Waals surface area contributed by atoms with E-state index in [0.717, 1.165) is 16.8 Å². The van der Waals surface area contributed by atoms with Crippen molar-refractivity contribution in [2.75, 3.05) is 7.05 Å². The van der Waals surface area contributed by atoms with E-state index in [2.05, 4.69) is 0 Å². The van der Waals surface area contributed by atoms with Crippen LogP contribution in [-0.2, 0) is 15.6 Å². The Hall–Kier alpha value is -1.15. The molecule has 1 rings (SSSR count). The van der Waals surface area contributed by atoms with Crippen molar-refractivity contribution < 1.29 is 22.0 Å². The van der Waals surface area contributed by atoms with E-state index >= 15 is 0 Å². The van der Waals surface area contributed by atoms with Crippen LogP contribution in [0, 0.1) is 0 Å². The minimum atomic E-state index is -4.09. The van der Waals surface area contributed by atoms with Crippen molar-refractivity contribution in [2.45, 2.75) is 44.2 Å². The van der Waals surface area contributed by atoms with E-state index < -0.39 is 27.9 Å². The summed E-state index contributed by atoms with van der Waals surface area (Å²) in [4.78, 5) is 13.3. The van der Waals surface area contributed by atoms with Crippen molar-refractivity contribution in [3.8, 4) is 0 Å². The lowest BCUT2D eigenvalue weighted by atomic mass is 10.2. The third kappa shape index (κ3) is 4.41. The van der Waals surface area contributed by atoms with Crippen LogP contribution < -0.4 is 0 Å². The van der Waals surface area contributed by atoms with Gasteiger partial charge in [-0.1, -0.05) is 6.92 Å². The molecule has 9 heteroatoms. The Morgan fingerprint density at radius 3 is 2.48 bits per heavy atom. The Kier molecular flexibility index (Phi) is 5.75. The fraction of sp³-hybridized carbons (Fsp3) is 0.583. The summed E-state index contributed by atoms with van der Waals surface area (Å²) in [7, 11) is 2.64. The second kappa shape index (κ2) is 6.74.